The third-order valence-electron chi connectivity index (χ3n) is 4.10. The lowest BCUT2D eigenvalue weighted by Crippen LogP contribution is -2.12. The van der Waals surface area contributed by atoms with Crippen molar-refractivity contribution < 1.29 is 23.1 Å². The molecule has 0 unspecified atom stereocenters. The quantitative estimate of drug-likeness (QED) is 0.691. The molecule has 3 aromatic rings. The number of benzene rings is 2. The lowest BCUT2D eigenvalue weighted by atomic mass is 10.1. The zero-order valence-electron chi connectivity index (χ0n) is 14.6. The fourth-order valence-corrected chi connectivity index (χ4v) is 3.27. The summed E-state index contributed by atoms with van der Waals surface area (Å²) in [7, 11) is -2.27. The number of primary sulfonamides is 1. The van der Waals surface area contributed by atoms with Crippen LogP contribution in [0.4, 0.5) is 0 Å². The molecule has 0 aliphatic carbocycles. The van der Waals surface area contributed by atoms with Crippen molar-refractivity contribution in [3.05, 3.63) is 59.8 Å². The highest BCUT2D eigenvalue weighted by Gasteiger charge is 2.22. The van der Waals surface area contributed by atoms with E-state index in [-0.39, 0.29) is 10.6 Å². The number of ether oxygens (including phenoxy) is 1. The third kappa shape index (κ3) is 3.55. The highest BCUT2D eigenvalue weighted by Crippen LogP contribution is 2.30. The number of carbonyl (C=O) groups is 1. The van der Waals surface area contributed by atoms with E-state index < -0.39 is 16.0 Å². The summed E-state index contributed by atoms with van der Waals surface area (Å²) in [4.78, 5) is 11.5. The molecule has 1 aromatic heterocycles. The summed E-state index contributed by atoms with van der Waals surface area (Å²) >= 11 is 0. The number of hydrogen-bond donors (Lipinski definition) is 2. The Balaban J connectivity index is 2.19. The fourth-order valence-electron chi connectivity index (χ4n) is 2.75. The maximum atomic E-state index is 11.5. The van der Waals surface area contributed by atoms with Crippen molar-refractivity contribution in [2.75, 3.05) is 7.11 Å². The minimum atomic E-state index is -3.83. The van der Waals surface area contributed by atoms with E-state index in [1.807, 2.05) is 0 Å². The molecule has 9 heteroatoms. The number of nitrogens with zero attached hydrogens (tertiary/aromatic N) is 2. The Morgan fingerprint density at radius 3 is 2.19 bits per heavy atom. The van der Waals surface area contributed by atoms with Gasteiger partial charge in [-0.05, 0) is 55.5 Å². The summed E-state index contributed by atoms with van der Waals surface area (Å²) in [5.41, 5.74) is 2.23. The van der Waals surface area contributed by atoms with Gasteiger partial charge in [0.25, 0.3) is 0 Å². The van der Waals surface area contributed by atoms with Crippen molar-refractivity contribution in [2.45, 2.75) is 11.8 Å². The first-order valence-corrected chi connectivity index (χ1v) is 9.37. The molecule has 3 rings (SSSR count). The van der Waals surface area contributed by atoms with Crippen molar-refractivity contribution in [3.63, 3.8) is 0 Å². The SMILES string of the molecule is COc1ccc(-c2c(C)c(C(=O)O)nn2-c2ccc(S(N)(=O)=O)cc2)cc1. The largest absolute Gasteiger partial charge is 0.497 e. The number of carboxylic acid groups (broad SMARTS) is 1. The van der Waals surface area contributed by atoms with Crippen molar-refractivity contribution in [2.24, 2.45) is 5.14 Å². The minimum absolute atomic E-state index is 0.0421. The first-order valence-electron chi connectivity index (χ1n) is 7.83. The average Bonchev–Trinajstić information content (AvgIpc) is 2.98. The monoisotopic (exact) mass is 387 g/mol. The van der Waals surface area contributed by atoms with Crippen LogP contribution in [0.1, 0.15) is 16.1 Å². The summed E-state index contributed by atoms with van der Waals surface area (Å²) in [6.45, 7) is 1.67. The standard InChI is InChI=1S/C18H17N3O5S/c1-11-16(18(22)23)20-21(13-5-9-15(10-6-13)27(19,24)25)17(11)12-3-7-14(26-2)8-4-12/h3-10H,1-2H3,(H,22,23)(H2,19,24,25). The molecule has 140 valence electrons. The van der Waals surface area contributed by atoms with Gasteiger partial charge in [-0.1, -0.05) is 0 Å². The van der Waals surface area contributed by atoms with Crippen LogP contribution in [0.25, 0.3) is 16.9 Å². The third-order valence-corrected chi connectivity index (χ3v) is 5.03. The van der Waals surface area contributed by atoms with Crippen LogP contribution in [-0.4, -0.2) is 36.4 Å². The van der Waals surface area contributed by atoms with Gasteiger partial charge in [-0.3, -0.25) is 0 Å². The maximum Gasteiger partial charge on any atom is 0.356 e. The predicted octanol–water partition coefficient (Wildman–Crippen LogP) is 2.20. The van der Waals surface area contributed by atoms with E-state index in [0.717, 1.165) is 5.56 Å². The molecule has 0 amide bonds. The predicted molar refractivity (Wildman–Crippen MR) is 98.6 cm³/mol. The lowest BCUT2D eigenvalue weighted by Gasteiger charge is -2.10. The Kier molecular flexibility index (Phi) is 4.73. The topological polar surface area (TPSA) is 125 Å². The molecule has 0 spiro atoms. The van der Waals surface area contributed by atoms with Crippen molar-refractivity contribution in [1.82, 2.24) is 9.78 Å². The molecule has 2 aromatic carbocycles. The van der Waals surface area contributed by atoms with Crippen LogP contribution in [0.3, 0.4) is 0 Å². The molecule has 27 heavy (non-hydrogen) atoms. The number of aromatic carboxylic acids is 1. The second-order valence-corrected chi connectivity index (χ2v) is 7.37. The smallest absolute Gasteiger partial charge is 0.356 e. The van der Waals surface area contributed by atoms with Gasteiger partial charge in [0.1, 0.15) is 5.75 Å². The van der Waals surface area contributed by atoms with E-state index in [9.17, 15) is 18.3 Å². The Bertz CT molecular complexity index is 1100. The van der Waals surface area contributed by atoms with Crippen LogP contribution in [0.15, 0.2) is 53.4 Å². The van der Waals surface area contributed by atoms with E-state index in [0.29, 0.717) is 22.7 Å². The van der Waals surface area contributed by atoms with Crippen LogP contribution >= 0.6 is 0 Å². The summed E-state index contributed by atoms with van der Waals surface area (Å²) in [5.74, 6) is -0.486. The molecule has 0 saturated heterocycles. The van der Waals surface area contributed by atoms with Crippen molar-refractivity contribution in [1.29, 1.82) is 0 Å². The Hall–Kier alpha value is -3.17. The molecule has 0 aliphatic rings. The number of methoxy groups -OCH3 is 1. The van der Waals surface area contributed by atoms with Gasteiger partial charge in [0.05, 0.1) is 23.4 Å². The molecule has 0 radical (unpaired) electrons. The van der Waals surface area contributed by atoms with Crippen LogP contribution in [0.5, 0.6) is 5.75 Å². The number of rotatable bonds is 5. The normalized spacial score (nSPS) is 11.4. The molecule has 8 nitrogen and oxygen atoms in total. The molecule has 0 bridgehead atoms. The van der Waals surface area contributed by atoms with Gasteiger partial charge in [0.15, 0.2) is 5.69 Å². The van der Waals surface area contributed by atoms with Gasteiger partial charge in [-0.2, -0.15) is 5.10 Å². The lowest BCUT2D eigenvalue weighted by molar-refractivity contribution is 0.0689. The zero-order valence-corrected chi connectivity index (χ0v) is 15.4. The highest BCUT2D eigenvalue weighted by atomic mass is 32.2. The zero-order chi connectivity index (χ0) is 19.8. The first kappa shape index (κ1) is 18.6. The summed E-state index contributed by atoms with van der Waals surface area (Å²) in [6, 6.07) is 12.8. The van der Waals surface area contributed by atoms with E-state index >= 15 is 0 Å². The molecule has 0 atom stereocenters. The number of carboxylic acids is 1. The molecular formula is C18H17N3O5S. The number of hydrogen-bond acceptors (Lipinski definition) is 5. The molecule has 0 saturated carbocycles. The van der Waals surface area contributed by atoms with Gasteiger partial charge < -0.3 is 9.84 Å². The Morgan fingerprint density at radius 1 is 1.11 bits per heavy atom. The minimum Gasteiger partial charge on any atom is -0.497 e. The van der Waals surface area contributed by atoms with E-state index in [2.05, 4.69) is 5.10 Å². The highest BCUT2D eigenvalue weighted by molar-refractivity contribution is 7.89. The van der Waals surface area contributed by atoms with Crippen LogP contribution < -0.4 is 9.88 Å². The summed E-state index contributed by atoms with van der Waals surface area (Å²) in [5, 5.41) is 18.8. The second-order valence-electron chi connectivity index (χ2n) is 5.81. The van der Waals surface area contributed by atoms with Crippen molar-refractivity contribution in [3.8, 4) is 22.7 Å². The van der Waals surface area contributed by atoms with Gasteiger partial charge in [-0.25, -0.2) is 23.0 Å². The fraction of sp³-hybridized carbons (Fsp3) is 0.111. The Morgan fingerprint density at radius 2 is 1.70 bits per heavy atom. The molecule has 3 N–H and O–H groups in total. The molecular weight excluding hydrogens is 370 g/mol. The summed E-state index contributed by atoms with van der Waals surface area (Å²) < 4.78 is 29.5. The van der Waals surface area contributed by atoms with Crippen LogP contribution in [0, 0.1) is 6.92 Å². The molecule has 1 heterocycles. The number of sulfonamides is 1. The number of nitrogens with two attached hydrogens (primary N) is 1. The van der Waals surface area contributed by atoms with E-state index in [4.69, 9.17) is 9.88 Å². The van der Waals surface area contributed by atoms with Crippen molar-refractivity contribution >= 4 is 16.0 Å². The maximum absolute atomic E-state index is 11.5. The molecule has 0 fully saturated rings. The molecule has 0 aliphatic heterocycles. The van der Waals surface area contributed by atoms with Gasteiger partial charge >= 0.3 is 5.97 Å². The van der Waals surface area contributed by atoms with Gasteiger partial charge in [0, 0.05) is 11.1 Å². The van der Waals surface area contributed by atoms with E-state index in [1.165, 1.54) is 28.9 Å². The van der Waals surface area contributed by atoms with Gasteiger partial charge in [-0.15, -0.1) is 0 Å². The van der Waals surface area contributed by atoms with Crippen LogP contribution in [-0.2, 0) is 10.0 Å². The first-order chi connectivity index (χ1) is 12.7. The van der Waals surface area contributed by atoms with Crippen LogP contribution in [0.2, 0.25) is 0 Å². The Labute approximate surface area is 155 Å². The summed E-state index contributed by atoms with van der Waals surface area (Å²) in [6.07, 6.45) is 0. The average molecular weight is 387 g/mol. The van der Waals surface area contributed by atoms with E-state index in [1.54, 1.807) is 38.3 Å². The second kappa shape index (κ2) is 6.86. The van der Waals surface area contributed by atoms with Gasteiger partial charge in [0.2, 0.25) is 10.0 Å². The number of aromatic nitrogens is 2.